The summed E-state index contributed by atoms with van der Waals surface area (Å²) >= 11 is 0. The first-order valence-electron chi connectivity index (χ1n) is 17.6. The first-order chi connectivity index (χ1) is 25.0. The lowest BCUT2D eigenvalue weighted by Crippen LogP contribution is -2.14. The third-order valence-corrected chi connectivity index (χ3v) is 10.3. The maximum Gasteiger partial charge on any atom is 0.160 e. The molecule has 51 heavy (non-hydrogen) atoms. The van der Waals surface area contributed by atoms with Crippen LogP contribution in [0, 0.1) is 0 Å². The van der Waals surface area contributed by atoms with E-state index in [0.717, 1.165) is 44.8 Å². The molecule has 0 atom stereocenters. The summed E-state index contributed by atoms with van der Waals surface area (Å²) in [5.41, 5.74) is 17.4. The average Bonchev–Trinajstić information content (AvgIpc) is 3.44. The fraction of sp³-hybridized carbons (Fsp3) is 0.0612. The molecule has 0 unspecified atom stereocenters. The van der Waals surface area contributed by atoms with Gasteiger partial charge in [-0.25, -0.2) is 9.97 Å². The summed E-state index contributed by atoms with van der Waals surface area (Å²) in [6, 6.07) is 64.8. The van der Waals surface area contributed by atoms with Gasteiger partial charge in [0.15, 0.2) is 5.82 Å². The molecule has 2 heteroatoms. The molecular formula is C49H36N2. The van der Waals surface area contributed by atoms with E-state index < -0.39 is 0 Å². The van der Waals surface area contributed by atoms with Crippen LogP contribution in [-0.2, 0) is 5.41 Å². The first-order valence-corrected chi connectivity index (χ1v) is 17.6. The number of fused-ring (bicyclic) bond motifs is 3. The van der Waals surface area contributed by atoms with Gasteiger partial charge in [0.1, 0.15) is 0 Å². The van der Waals surface area contributed by atoms with Crippen LogP contribution in [0.1, 0.15) is 25.0 Å². The Balaban J connectivity index is 1.06. The van der Waals surface area contributed by atoms with Gasteiger partial charge in [-0.3, -0.25) is 0 Å². The Morgan fingerprint density at radius 1 is 0.314 bits per heavy atom. The van der Waals surface area contributed by atoms with Crippen molar-refractivity contribution in [2.24, 2.45) is 0 Å². The summed E-state index contributed by atoms with van der Waals surface area (Å²) in [5.74, 6) is 0.705. The summed E-state index contributed by atoms with van der Waals surface area (Å²) < 4.78 is 0. The Morgan fingerprint density at radius 3 is 1.45 bits per heavy atom. The SMILES string of the molecule is CC1(C)c2ccccc2-c2ccc(-c3ccc(-c4cccc(-c5nc(-c6ccccc6)cc(-c6cccc(-c7ccccc7)c6)n5)c4)cc3)cc21. The Kier molecular flexibility index (Phi) is 7.51. The van der Waals surface area contributed by atoms with E-state index in [4.69, 9.17) is 9.97 Å². The van der Waals surface area contributed by atoms with Gasteiger partial charge in [-0.05, 0) is 79.9 Å². The summed E-state index contributed by atoms with van der Waals surface area (Å²) in [7, 11) is 0. The third kappa shape index (κ3) is 5.65. The summed E-state index contributed by atoms with van der Waals surface area (Å²) in [6.45, 7) is 4.67. The minimum Gasteiger partial charge on any atom is -0.228 e. The van der Waals surface area contributed by atoms with Crippen LogP contribution in [0.15, 0.2) is 182 Å². The molecule has 7 aromatic carbocycles. The average molecular weight is 653 g/mol. The number of benzene rings is 7. The molecule has 1 heterocycles. The van der Waals surface area contributed by atoms with E-state index in [1.165, 1.54) is 38.9 Å². The van der Waals surface area contributed by atoms with Crippen molar-refractivity contribution in [3.05, 3.63) is 193 Å². The highest BCUT2D eigenvalue weighted by molar-refractivity contribution is 5.84. The first kappa shape index (κ1) is 30.7. The second-order valence-corrected chi connectivity index (χ2v) is 13.9. The molecule has 0 N–H and O–H groups in total. The topological polar surface area (TPSA) is 25.8 Å². The zero-order chi connectivity index (χ0) is 34.4. The normalized spacial score (nSPS) is 12.7. The van der Waals surface area contributed by atoms with Crippen molar-refractivity contribution in [3.8, 4) is 78.4 Å². The predicted molar refractivity (Wildman–Crippen MR) is 212 cm³/mol. The Bertz CT molecular complexity index is 2530. The number of hydrogen-bond donors (Lipinski definition) is 0. The highest BCUT2D eigenvalue weighted by atomic mass is 14.9. The van der Waals surface area contributed by atoms with Crippen molar-refractivity contribution in [3.63, 3.8) is 0 Å². The molecule has 1 aromatic heterocycles. The summed E-state index contributed by atoms with van der Waals surface area (Å²) in [6.07, 6.45) is 0. The van der Waals surface area contributed by atoms with Crippen LogP contribution in [-0.4, -0.2) is 9.97 Å². The Morgan fingerprint density at radius 2 is 0.765 bits per heavy atom. The molecule has 2 nitrogen and oxygen atoms in total. The van der Waals surface area contributed by atoms with Crippen molar-refractivity contribution in [2.45, 2.75) is 19.3 Å². The van der Waals surface area contributed by atoms with Gasteiger partial charge in [-0.15, -0.1) is 0 Å². The third-order valence-electron chi connectivity index (χ3n) is 10.3. The molecule has 0 aliphatic heterocycles. The second-order valence-electron chi connectivity index (χ2n) is 13.9. The van der Waals surface area contributed by atoms with Crippen LogP contribution in [0.3, 0.4) is 0 Å². The number of hydrogen-bond acceptors (Lipinski definition) is 2. The zero-order valence-corrected chi connectivity index (χ0v) is 28.7. The molecule has 0 spiro atoms. The molecule has 0 fully saturated rings. The molecule has 0 radical (unpaired) electrons. The van der Waals surface area contributed by atoms with Gasteiger partial charge in [0.05, 0.1) is 11.4 Å². The van der Waals surface area contributed by atoms with Crippen molar-refractivity contribution >= 4 is 0 Å². The molecule has 242 valence electrons. The number of nitrogens with zero attached hydrogens (tertiary/aromatic N) is 2. The van der Waals surface area contributed by atoms with Crippen molar-refractivity contribution in [1.82, 2.24) is 9.97 Å². The molecule has 1 aliphatic rings. The van der Waals surface area contributed by atoms with E-state index in [2.05, 4.69) is 184 Å². The zero-order valence-electron chi connectivity index (χ0n) is 28.7. The van der Waals surface area contributed by atoms with Crippen LogP contribution < -0.4 is 0 Å². The Labute approximate surface area is 299 Å². The number of aromatic nitrogens is 2. The highest BCUT2D eigenvalue weighted by Gasteiger charge is 2.35. The van der Waals surface area contributed by atoms with Gasteiger partial charge in [0.2, 0.25) is 0 Å². The lowest BCUT2D eigenvalue weighted by Gasteiger charge is -2.22. The van der Waals surface area contributed by atoms with Crippen molar-refractivity contribution in [1.29, 1.82) is 0 Å². The van der Waals surface area contributed by atoms with Crippen LogP contribution in [0.25, 0.3) is 78.4 Å². The largest absolute Gasteiger partial charge is 0.228 e. The van der Waals surface area contributed by atoms with Gasteiger partial charge < -0.3 is 0 Å². The van der Waals surface area contributed by atoms with Gasteiger partial charge >= 0.3 is 0 Å². The summed E-state index contributed by atoms with van der Waals surface area (Å²) in [5, 5.41) is 0. The van der Waals surface area contributed by atoms with Gasteiger partial charge in [-0.1, -0.05) is 172 Å². The van der Waals surface area contributed by atoms with Crippen molar-refractivity contribution < 1.29 is 0 Å². The van der Waals surface area contributed by atoms with E-state index in [1.807, 2.05) is 12.1 Å². The van der Waals surface area contributed by atoms with Crippen LogP contribution >= 0.6 is 0 Å². The van der Waals surface area contributed by atoms with Crippen LogP contribution in [0.4, 0.5) is 0 Å². The van der Waals surface area contributed by atoms with E-state index in [1.54, 1.807) is 0 Å². The predicted octanol–water partition coefficient (Wildman–Crippen LogP) is 12.8. The van der Waals surface area contributed by atoms with Crippen LogP contribution in [0.2, 0.25) is 0 Å². The van der Waals surface area contributed by atoms with E-state index >= 15 is 0 Å². The maximum absolute atomic E-state index is 5.17. The standard InChI is InChI=1S/C49H36N2/c1-49(2)44-22-10-9-21-42(44)43-28-27-39(31-45(43)49)35-25-23-34(24-26-35)38-18-12-20-41(30-38)48-50-46(36-15-7-4-8-16-36)32-47(51-48)40-19-11-17-37(29-40)33-13-5-3-6-14-33/h3-32H,1-2H3. The minimum absolute atomic E-state index is 0.0211. The fourth-order valence-corrected chi connectivity index (χ4v) is 7.55. The quantitative estimate of drug-likeness (QED) is 0.179. The van der Waals surface area contributed by atoms with Gasteiger partial charge in [0.25, 0.3) is 0 Å². The van der Waals surface area contributed by atoms with E-state index in [-0.39, 0.29) is 5.41 Å². The maximum atomic E-state index is 5.17. The van der Waals surface area contributed by atoms with Gasteiger partial charge in [-0.2, -0.15) is 0 Å². The lowest BCUT2D eigenvalue weighted by molar-refractivity contribution is 0.660. The summed E-state index contributed by atoms with van der Waals surface area (Å²) in [4.78, 5) is 10.3. The van der Waals surface area contributed by atoms with Crippen molar-refractivity contribution in [2.75, 3.05) is 0 Å². The Hall–Kier alpha value is -6.38. The van der Waals surface area contributed by atoms with E-state index in [9.17, 15) is 0 Å². The molecule has 0 bridgehead atoms. The lowest BCUT2D eigenvalue weighted by atomic mass is 9.81. The number of rotatable bonds is 6. The molecule has 0 saturated carbocycles. The smallest absolute Gasteiger partial charge is 0.160 e. The fourth-order valence-electron chi connectivity index (χ4n) is 7.55. The van der Waals surface area contributed by atoms with Gasteiger partial charge in [0, 0.05) is 22.1 Å². The molecule has 1 aliphatic carbocycles. The molecular weight excluding hydrogens is 617 g/mol. The molecule has 9 rings (SSSR count). The molecule has 0 amide bonds. The monoisotopic (exact) mass is 652 g/mol. The second kappa shape index (κ2) is 12.5. The van der Waals surface area contributed by atoms with E-state index in [0.29, 0.717) is 5.82 Å². The van der Waals surface area contributed by atoms with Crippen LogP contribution in [0.5, 0.6) is 0 Å². The molecule has 8 aromatic rings. The minimum atomic E-state index is -0.0211. The highest BCUT2D eigenvalue weighted by Crippen LogP contribution is 2.49. The molecule has 0 saturated heterocycles.